The predicted molar refractivity (Wildman–Crippen MR) is 72.6 cm³/mol. The molecule has 3 aromatic heterocycles. The number of esters is 1. The van der Waals surface area contributed by atoms with Gasteiger partial charge in [-0.3, -0.25) is 0 Å². The third kappa shape index (κ3) is 2.04. The number of furan rings is 1. The normalized spacial score (nSPS) is 10.9. The molecule has 0 radical (unpaired) electrons. The minimum atomic E-state index is -0.486. The number of fused-ring (bicyclic) bond motifs is 1. The van der Waals surface area contributed by atoms with Gasteiger partial charge in [0.25, 0.3) is 0 Å². The largest absolute Gasteiger partial charge is 0.463 e. The van der Waals surface area contributed by atoms with Crippen molar-refractivity contribution in [2.24, 2.45) is 0 Å². The lowest BCUT2D eigenvalue weighted by Crippen LogP contribution is -2.06. The van der Waals surface area contributed by atoms with E-state index in [4.69, 9.17) is 20.8 Å². The molecule has 0 aromatic carbocycles. The number of aromatic amines is 1. The fraction of sp³-hybridized carbons (Fsp3) is 0.154. The monoisotopic (exact) mass is 291 g/mol. The predicted octanol–water partition coefficient (Wildman–Crippen LogP) is 3.05. The van der Waals surface area contributed by atoms with Crippen LogP contribution >= 0.6 is 11.6 Å². The van der Waals surface area contributed by atoms with E-state index in [0.717, 1.165) is 0 Å². The number of carbonyl (C=O) groups excluding carboxylic acids is 1. The van der Waals surface area contributed by atoms with Crippen molar-refractivity contribution in [3.8, 4) is 11.5 Å². The topological polar surface area (TPSA) is 81.0 Å². The van der Waals surface area contributed by atoms with Crippen LogP contribution in [0.5, 0.6) is 0 Å². The van der Waals surface area contributed by atoms with E-state index in [0.29, 0.717) is 28.1 Å². The quantitative estimate of drug-likeness (QED) is 0.592. The summed E-state index contributed by atoms with van der Waals surface area (Å²) in [5, 5.41) is 0.0630. The van der Waals surface area contributed by atoms with Gasteiger partial charge in [0.2, 0.25) is 5.28 Å². The van der Waals surface area contributed by atoms with Crippen LogP contribution in [0.3, 0.4) is 0 Å². The summed E-state index contributed by atoms with van der Waals surface area (Å²) < 4.78 is 10.4. The van der Waals surface area contributed by atoms with Gasteiger partial charge in [-0.2, -0.15) is 0 Å². The lowest BCUT2D eigenvalue weighted by Gasteiger charge is -2.02. The van der Waals surface area contributed by atoms with Gasteiger partial charge in [0.15, 0.2) is 5.76 Å². The maximum Gasteiger partial charge on any atom is 0.342 e. The summed E-state index contributed by atoms with van der Waals surface area (Å²) in [6, 6.07) is 3.47. The van der Waals surface area contributed by atoms with E-state index in [1.165, 1.54) is 12.5 Å². The van der Waals surface area contributed by atoms with Crippen LogP contribution in [-0.2, 0) is 4.74 Å². The van der Waals surface area contributed by atoms with Crippen molar-refractivity contribution in [2.75, 3.05) is 6.61 Å². The highest BCUT2D eigenvalue weighted by atomic mass is 35.5. The molecule has 6 nitrogen and oxygen atoms in total. The molecule has 3 rings (SSSR count). The van der Waals surface area contributed by atoms with Crippen molar-refractivity contribution >= 4 is 28.6 Å². The van der Waals surface area contributed by atoms with E-state index in [1.807, 2.05) is 0 Å². The smallest absolute Gasteiger partial charge is 0.342 e. The second kappa shape index (κ2) is 4.97. The Kier molecular flexibility index (Phi) is 3.15. The molecule has 3 aromatic rings. The Labute approximate surface area is 118 Å². The third-order valence-electron chi connectivity index (χ3n) is 2.75. The van der Waals surface area contributed by atoms with Crippen LogP contribution in [0.2, 0.25) is 5.28 Å². The average molecular weight is 292 g/mol. The molecular formula is C13H10ClN3O3. The van der Waals surface area contributed by atoms with Crippen LogP contribution in [0.15, 0.2) is 29.0 Å². The van der Waals surface area contributed by atoms with E-state index in [-0.39, 0.29) is 11.9 Å². The summed E-state index contributed by atoms with van der Waals surface area (Å²) in [4.78, 5) is 23.2. The van der Waals surface area contributed by atoms with Gasteiger partial charge in [0.1, 0.15) is 11.1 Å². The number of H-pyrrole nitrogens is 1. The van der Waals surface area contributed by atoms with Crippen LogP contribution < -0.4 is 0 Å². The number of carbonyl (C=O) groups is 1. The van der Waals surface area contributed by atoms with E-state index in [2.05, 4.69) is 15.0 Å². The molecule has 0 fully saturated rings. The molecular weight excluding hydrogens is 282 g/mol. The fourth-order valence-electron chi connectivity index (χ4n) is 1.97. The van der Waals surface area contributed by atoms with E-state index < -0.39 is 5.97 Å². The molecule has 0 spiro atoms. The molecule has 0 saturated carbocycles. The molecule has 3 heterocycles. The number of hydrogen-bond donors (Lipinski definition) is 1. The number of aromatic nitrogens is 3. The molecule has 0 amide bonds. The highest BCUT2D eigenvalue weighted by Crippen LogP contribution is 2.30. The van der Waals surface area contributed by atoms with Crippen LogP contribution in [0.25, 0.3) is 22.5 Å². The number of hydrogen-bond acceptors (Lipinski definition) is 5. The number of rotatable bonds is 3. The summed E-state index contributed by atoms with van der Waals surface area (Å²) in [7, 11) is 0. The molecule has 0 atom stereocenters. The van der Waals surface area contributed by atoms with Crippen LogP contribution in [0.1, 0.15) is 17.3 Å². The van der Waals surface area contributed by atoms with Crippen molar-refractivity contribution in [3.05, 3.63) is 35.4 Å². The van der Waals surface area contributed by atoms with Gasteiger partial charge in [-0.05, 0) is 30.7 Å². The van der Waals surface area contributed by atoms with Crippen LogP contribution in [0, 0.1) is 0 Å². The Bertz CT molecular complexity index is 765. The van der Waals surface area contributed by atoms with Crippen molar-refractivity contribution in [3.63, 3.8) is 0 Å². The zero-order valence-corrected chi connectivity index (χ0v) is 11.3. The maximum atomic E-state index is 12.2. The summed E-state index contributed by atoms with van der Waals surface area (Å²) >= 11 is 5.79. The number of halogens is 1. The van der Waals surface area contributed by atoms with Gasteiger partial charge in [0, 0.05) is 0 Å². The Balaban J connectivity index is 2.28. The molecule has 0 aliphatic heterocycles. The zero-order chi connectivity index (χ0) is 14.1. The Morgan fingerprint density at radius 1 is 1.55 bits per heavy atom. The SMILES string of the molecule is CCOC(=O)c1c(-c2ccco2)[nH]c2cnc(Cl)nc12. The summed E-state index contributed by atoms with van der Waals surface area (Å²) in [6.07, 6.45) is 3.04. The maximum absolute atomic E-state index is 12.2. The second-order valence-corrected chi connectivity index (χ2v) is 4.31. The lowest BCUT2D eigenvalue weighted by molar-refractivity contribution is 0.0529. The molecule has 20 heavy (non-hydrogen) atoms. The van der Waals surface area contributed by atoms with Crippen LogP contribution in [0.4, 0.5) is 0 Å². The fourth-order valence-corrected chi connectivity index (χ4v) is 2.10. The first kappa shape index (κ1) is 12.7. The third-order valence-corrected chi connectivity index (χ3v) is 2.94. The molecule has 102 valence electrons. The van der Waals surface area contributed by atoms with Crippen molar-refractivity contribution in [1.29, 1.82) is 0 Å². The first-order valence-corrected chi connectivity index (χ1v) is 6.33. The Hall–Kier alpha value is -2.34. The molecule has 7 heteroatoms. The molecule has 0 saturated heterocycles. The van der Waals surface area contributed by atoms with Gasteiger partial charge in [-0.25, -0.2) is 14.8 Å². The first-order valence-electron chi connectivity index (χ1n) is 5.96. The zero-order valence-electron chi connectivity index (χ0n) is 10.5. The lowest BCUT2D eigenvalue weighted by atomic mass is 10.2. The number of nitrogens with zero attached hydrogens (tertiary/aromatic N) is 2. The van der Waals surface area contributed by atoms with Gasteiger partial charge in [-0.15, -0.1) is 0 Å². The van der Waals surface area contributed by atoms with E-state index >= 15 is 0 Å². The summed E-state index contributed by atoms with van der Waals surface area (Å²) in [5.41, 5.74) is 1.79. The van der Waals surface area contributed by atoms with Crippen molar-refractivity contribution in [2.45, 2.75) is 6.92 Å². The first-order chi connectivity index (χ1) is 9.70. The minimum absolute atomic E-state index is 0.0630. The number of ether oxygens (including phenoxy) is 1. The summed E-state index contributed by atoms with van der Waals surface area (Å²) in [6.45, 7) is 2.00. The summed E-state index contributed by atoms with van der Waals surface area (Å²) in [5.74, 6) is 0.0297. The molecule has 1 N–H and O–H groups in total. The van der Waals surface area contributed by atoms with E-state index in [9.17, 15) is 4.79 Å². The van der Waals surface area contributed by atoms with Gasteiger partial charge < -0.3 is 14.1 Å². The second-order valence-electron chi connectivity index (χ2n) is 3.97. The standard InChI is InChI=1S/C13H10ClN3O3/c1-2-19-12(18)9-10-7(6-15-13(14)17-10)16-11(9)8-4-3-5-20-8/h3-6,16H,2H2,1H3. The van der Waals surface area contributed by atoms with Crippen molar-refractivity contribution < 1.29 is 13.9 Å². The van der Waals surface area contributed by atoms with Crippen molar-refractivity contribution in [1.82, 2.24) is 15.0 Å². The highest BCUT2D eigenvalue weighted by Gasteiger charge is 2.23. The Morgan fingerprint density at radius 2 is 2.40 bits per heavy atom. The van der Waals surface area contributed by atoms with Gasteiger partial charge >= 0.3 is 5.97 Å². The number of nitrogens with one attached hydrogen (secondary N) is 1. The highest BCUT2D eigenvalue weighted by molar-refractivity contribution is 6.28. The van der Waals surface area contributed by atoms with Gasteiger partial charge in [-0.1, -0.05) is 0 Å². The molecule has 0 bridgehead atoms. The average Bonchev–Trinajstić information content (AvgIpc) is 3.05. The van der Waals surface area contributed by atoms with Gasteiger partial charge in [0.05, 0.1) is 30.3 Å². The molecule has 0 aliphatic rings. The molecule has 0 aliphatic carbocycles. The molecule has 0 unspecified atom stereocenters. The van der Waals surface area contributed by atoms with E-state index in [1.54, 1.807) is 19.1 Å². The minimum Gasteiger partial charge on any atom is -0.463 e. The van der Waals surface area contributed by atoms with Crippen LogP contribution in [-0.4, -0.2) is 27.5 Å². The Morgan fingerprint density at radius 3 is 3.10 bits per heavy atom.